The minimum absolute atomic E-state index is 0.0808. The molecule has 0 radical (unpaired) electrons. The topological polar surface area (TPSA) is 154 Å². The number of benzene rings is 2. The zero-order valence-corrected chi connectivity index (χ0v) is 14.1. The van der Waals surface area contributed by atoms with Crippen molar-refractivity contribution in [1.82, 2.24) is 10.9 Å². The molecule has 2 rings (SSSR count). The van der Waals surface area contributed by atoms with Crippen LogP contribution in [0.5, 0.6) is 5.75 Å². The maximum absolute atomic E-state index is 11.9. The molecule has 0 bridgehead atoms. The lowest BCUT2D eigenvalue weighted by Gasteiger charge is -2.09. The van der Waals surface area contributed by atoms with Crippen LogP contribution in [0.1, 0.15) is 10.4 Å². The van der Waals surface area contributed by atoms with Gasteiger partial charge in [0.2, 0.25) is 0 Å². The molecule has 11 nitrogen and oxygen atoms in total. The van der Waals surface area contributed by atoms with Crippen LogP contribution in [0.25, 0.3) is 0 Å². The number of ether oxygens (including phenoxy) is 1. The number of hydrogen-bond donors (Lipinski definition) is 2. The summed E-state index contributed by atoms with van der Waals surface area (Å²) < 4.78 is 5.11. The maximum Gasteiger partial charge on any atom is 0.288 e. The van der Waals surface area contributed by atoms with Crippen LogP contribution in [-0.2, 0) is 4.79 Å². The molecule has 0 aliphatic carbocycles. The Bertz CT molecular complexity index is 902. The smallest absolute Gasteiger partial charge is 0.288 e. The average molecular weight is 395 g/mol. The number of carbonyl (C=O) groups is 2. The van der Waals surface area contributed by atoms with Gasteiger partial charge in [0.15, 0.2) is 6.61 Å². The molecule has 27 heavy (non-hydrogen) atoms. The Morgan fingerprint density at radius 1 is 1.00 bits per heavy atom. The van der Waals surface area contributed by atoms with Gasteiger partial charge in [-0.05, 0) is 24.3 Å². The molecule has 0 saturated carbocycles. The summed E-state index contributed by atoms with van der Waals surface area (Å²) >= 11 is 5.65. The summed E-state index contributed by atoms with van der Waals surface area (Å²) in [6.07, 6.45) is 0. The normalized spacial score (nSPS) is 9.96. The van der Waals surface area contributed by atoms with E-state index in [0.717, 1.165) is 6.07 Å². The van der Waals surface area contributed by atoms with Crippen LogP contribution in [0.4, 0.5) is 11.4 Å². The first kappa shape index (κ1) is 19.6. The van der Waals surface area contributed by atoms with Crippen molar-refractivity contribution < 1.29 is 24.2 Å². The van der Waals surface area contributed by atoms with Crippen molar-refractivity contribution in [2.24, 2.45) is 0 Å². The standard InChI is InChI=1S/C15H11ClN4O7/c16-12-6-1-9(7-13(12)20(25)26)15(22)18-17-14(21)8-27-11-4-2-10(3-5-11)19(23)24/h1-7H,8H2,(H,17,21)(H,18,22). The summed E-state index contributed by atoms with van der Waals surface area (Å²) in [6.45, 7) is -0.473. The fourth-order valence-corrected chi connectivity index (χ4v) is 2.03. The Labute approximate surface area is 156 Å². The van der Waals surface area contributed by atoms with Crippen LogP contribution in [0, 0.1) is 20.2 Å². The lowest BCUT2D eigenvalue weighted by molar-refractivity contribution is -0.385. The number of rotatable bonds is 6. The van der Waals surface area contributed by atoms with Gasteiger partial charge in [-0.25, -0.2) is 0 Å². The number of non-ortho nitro benzene ring substituents is 1. The predicted octanol–water partition coefficient (Wildman–Crippen LogP) is 2.00. The van der Waals surface area contributed by atoms with E-state index in [0.29, 0.717) is 0 Å². The Hall–Kier alpha value is -3.73. The third kappa shape index (κ3) is 5.37. The third-order valence-corrected chi connectivity index (χ3v) is 3.46. The van der Waals surface area contributed by atoms with Crippen LogP contribution in [0.15, 0.2) is 42.5 Å². The number of halogens is 1. The van der Waals surface area contributed by atoms with Crippen molar-refractivity contribution in [3.05, 3.63) is 73.3 Å². The summed E-state index contributed by atoms with van der Waals surface area (Å²) in [5.74, 6) is -1.29. The minimum atomic E-state index is -0.793. The fourth-order valence-electron chi connectivity index (χ4n) is 1.84. The van der Waals surface area contributed by atoms with Gasteiger partial charge in [-0.15, -0.1) is 0 Å². The van der Waals surface area contributed by atoms with E-state index < -0.39 is 34.0 Å². The molecule has 0 aromatic heterocycles. The Balaban J connectivity index is 1.86. The maximum atomic E-state index is 11.9. The molecule has 140 valence electrons. The highest BCUT2D eigenvalue weighted by atomic mass is 35.5. The Morgan fingerprint density at radius 3 is 2.26 bits per heavy atom. The molecule has 0 saturated heterocycles. The van der Waals surface area contributed by atoms with Gasteiger partial charge in [-0.3, -0.25) is 40.7 Å². The monoisotopic (exact) mass is 394 g/mol. The van der Waals surface area contributed by atoms with Gasteiger partial charge in [0.25, 0.3) is 23.2 Å². The molecule has 0 aliphatic rings. The van der Waals surface area contributed by atoms with Crippen molar-refractivity contribution in [3.63, 3.8) is 0 Å². The number of hydrogen-bond acceptors (Lipinski definition) is 7. The predicted molar refractivity (Wildman–Crippen MR) is 92.3 cm³/mol. The van der Waals surface area contributed by atoms with Crippen molar-refractivity contribution in [2.75, 3.05) is 6.61 Å². The first-order valence-corrected chi connectivity index (χ1v) is 7.56. The lowest BCUT2D eigenvalue weighted by atomic mass is 10.2. The number of hydrazine groups is 1. The second-order valence-electron chi connectivity index (χ2n) is 4.97. The van der Waals surface area contributed by atoms with E-state index in [9.17, 15) is 29.8 Å². The van der Waals surface area contributed by atoms with E-state index in [2.05, 4.69) is 10.9 Å². The number of carbonyl (C=O) groups excluding carboxylic acids is 2. The Morgan fingerprint density at radius 2 is 1.67 bits per heavy atom. The molecule has 2 N–H and O–H groups in total. The highest BCUT2D eigenvalue weighted by Gasteiger charge is 2.16. The summed E-state index contributed by atoms with van der Waals surface area (Å²) in [7, 11) is 0. The van der Waals surface area contributed by atoms with E-state index >= 15 is 0 Å². The molecule has 2 aromatic carbocycles. The first-order valence-electron chi connectivity index (χ1n) is 7.18. The van der Waals surface area contributed by atoms with Gasteiger partial charge in [0.05, 0.1) is 9.85 Å². The van der Waals surface area contributed by atoms with Crippen molar-refractivity contribution in [3.8, 4) is 5.75 Å². The van der Waals surface area contributed by atoms with Gasteiger partial charge < -0.3 is 4.74 Å². The quantitative estimate of drug-likeness (QED) is 0.560. The number of nitrogens with zero attached hydrogens (tertiary/aromatic N) is 2. The second-order valence-corrected chi connectivity index (χ2v) is 5.37. The van der Waals surface area contributed by atoms with E-state index in [4.69, 9.17) is 16.3 Å². The summed E-state index contributed by atoms with van der Waals surface area (Å²) in [6, 6.07) is 8.47. The van der Waals surface area contributed by atoms with Crippen molar-refractivity contribution in [1.29, 1.82) is 0 Å². The Kier molecular flexibility index (Phi) is 6.23. The molecule has 12 heteroatoms. The van der Waals surface area contributed by atoms with E-state index in [1.807, 2.05) is 0 Å². The van der Waals surface area contributed by atoms with Crippen molar-refractivity contribution >= 4 is 34.8 Å². The zero-order valence-electron chi connectivity index (χ0n) is 13.4. The number of nitro benzene ring substituents is 2. The van der Waals surface area contributed by atoms with Crippen LogP contribution < -0.4 is 15.6 Å². The molecule has 0 atom stereocenters. The second kappa shape index (κ2) is 8.58. The van der Waals surface area contributed by atoms with Gasteiger partial charge in [-0.2, -0.15) is 0 Å². The molecule has 0 unspecified atom stereocenters. The highest BCUT2D eigenvalue weighted by molar-refractivity contribution is 6.32. The lowest BCUT2D eigenvalue weighted by Crippen LogP contribution is -2.43. The van der Waals surface area contributed by atoms with Crippen LogP contribution >= 0.6 is 11.6 Å². The summed E-state index contributed by atoms with van der Waals surface area (Å²) in [4.78, 5) is 43.6. The average Bonchev–Trinajstić information content (AvgIpc) is 2.64. The van der Waals surface area contributed by atoms with E-state index in [1.54, 1.807) is 0 Å². The molecule has 0 aliphatic heterocycles. The molecule has 2 aromatic rings. The van der Waals surface area contributed by atoms with Crippen LogP contribution in [-0.4, -0.2) is 28.3 Å². The zero-order chi connectivity index (χ0) is 20.0. The summed E-state index contributed by atoms with van der Waals surface area (Å²) in [5, 5.41) is 21.2. The molecule has 0 fully saturated rings. The van der Waals surface area contributed by atoms with E-state index in [-0.39, 0.29) is 22.0 Å². The first-order chi connectivity index (χ1) is 12.8. The van der Waals surface area contributed by atoms with Crippen LogP contribution in [0.2, 0.25) is 5.02 Å². The molecule has 2 amide bonds. The van der Waals surface area contributed by atoms with Gasteiger partial charge in [-0.1, -0.05) is 11.6 Å². The minimum Gasteiger partial charge on any atom is -0.484 e. The van der Waals surface area contributed by atoms with Gasteiger partial charge in [0.1, 0.15) is 10.8 Å². The molecular weight excluding hydrogens is 384 g/mol. The van der Waals surface area contributed by atoms with Crippen molar-refractivity contribution in [2.45, 2.75) is 0 Å². The van der Waals surface area contributed by atoms with Gasteiger partial charge >= 0.3 is 0 Å². The van der Waals surface area contributed by atoms with E-state index in [1.165, 1.54) is 36.4 Å². The number of nitro groups is 2. The third-order valence-electron chi connectivity index (χ3n) is 3.14. The molecular formula is C15H11ClN4O7. The largest absolute Gasteiger partial charge is 0.484 e. The SMILES string of the molecule is O=C(COc1ccc([N+](=O)[O-])cc1)NNC(=O)c1ccc(Cl)c([N+](=O)[O-])c1. The highest BCUT2D eigenvalue weighted by Crippen LogP contribution is 2.24. The molecule has 0 spiro atoms. The molecule has 0 heterocycles. The fraction of sp³-hybridized carbons (Fsp3) is 0.0667. The van der Waals surface area contributed by atoms with Gasteiger partial charge in [0, 0.05) is 23.8 Å². The number of amides is 2. The van der Waals surface area contributed by atoms with Crippen LogP contribution in [0.3, 0.4) is 0 Å². The number of nitrogens with one attached hydrogen (secondary N) is 2. The summed E-state index contributed by atoms with van der Waals surface area (Å²) in [5.41, 5.74) is 3.48.